The van der Waals surface area contributed by atoms with Gasteiger partial charge in [0, 0.05) is 6.08 Å². The van der Waals surface area contributed by atoms with Gasteiger partial charge in [0.15, 0.2) is 0 Å². The molecule has 3 heteroatoms. The fourth-order valence-electron chi connectivity index (χ4n) is 1.29. The Morgan fingerprint density at radius 2 is 2.25 bits per heavy atom. The number of hydrogen-bond donors (Lipinski definition) is 0. The highest BCUT2D eigenvalue weighted by Gasteiger charge is 1.99. The molecule has 0 amide bonds. The molecule has 0 N–H and O–H groups in total. The van der Waals surface area contributed by atoms with E-state index in [0.29, 0.717) is 13.0 Å². The maximum absolute atomic E-state index is 11.1. The summed E-state index contributed by atoms with van der Waals surface area (Å²) in [7, 11) is 0. The van der Waals surface area contributed by atoms with E-state index in [-0.39, 0.29) is 5.97 Å². The fraction of sp³-hybridized carbons (Fsp3) is 0.231. The number of benzene rings is 1. The van der Waals surface area contributed by atoms with Crippen LogP contribution in [-0.2, 0) is 16.0 Å². The van der Waals surface area contributed by atoms with Crippen molar-refractivity contribution < 1.29 is 9.53 Å². The van der Waals surface area contributed by atoms with Crippen molar-refractivity contribution in [2.24, 2.45) is 0 Å². The van der Waals surface area contributed by atoms with Crippen LogP contribution in [0.15, 0.2) is 30.3 Å². The van der Waals surface area contributed by atoms with Crippen molar-refractivity contribution in [2.75, 3.05) is 6.61 Å². The monoisotopic (exact) mass is 215 g/mol. The summed E-state index contributed by atoms with van der Waals surface area (Å²) in [5, 5.41) is 8.64. The standard InChI is InChI=1S/C13H13NO2/c1-2-16-13(15)8-7-11-5-3-4-6-12(11)9-10-14/h3-8H,2,9H2,1H3/b8-7+. The van der Waals surface area contributed by atoms with Gasteiger partial charge in [-0.05, 0) is 24.1 Å². The van der Waals surface area contributed by atoms with Crippen LogP contribution >= 0.6 is 0 Å². The van der Waals surface area contributed by atoms with Gasteiger partial charge in [0.25, 0.3) is 0 Å². The zero-order chi connectivity index (χ0) is 11.8. The van der Waals surface area contributed by atoms with Gasteiger partial charge in [-0.2, -0.15) is 5.26 Å². The van der Waals surface area contributed by atoms with Crippen LogP contribution < -0.4 is 0 Å². The van der Waals surface area contributed by atoms with Gasteiger partial charge < -0.3 is 4.74 Å². The number of nitriles is 1. The number of nitrogens with zero attached hydrogens (tertiary/aromatic N) is 1. The number of esters is 1. The lowest BCUT2D eigenvalue weighted by atomic mass is 10.0. The van der Waals surface area contributed by atoms with Crippen LogP contribution in [0.2, 0.25) is 0 Å². The highest BCUT2D eigenvalue weighted by atomic mass is 16.5. The minimum Gasteiger partial charge on any atom is -0.463 e. The summed E-state index contributed by atoms with van der Waals surface area (Å²) in [4.78, 5) is 11.1. The van der Waals surface area contributed by atoms with Gasteiger partial charge in [-0.3, -0.25) is 0 Å². The van der Waals surface area contributed by atoms with Gasteiger partial charge in [-0.25, -0.2) is 4.79 Å². The van der Waals surface area contributed by atoms with E-state index in [1.807, 2.05) is 24.3 Å². The van der Waals surface area contributed by atoms with Gasteiger partial charge in [-0.15, -0.1) is 0 Å². The van der Waals surface area contributed by atoms with E-state index in [9.17, 15) is 4.79 Å². The molecule has 0 fully saturated rings. The summed E-state index contributed by atoms with van der Waals surface area (Å²) in [5.41, 5.74) is 1.78. The van der Waals surface area contributed by atoms with Gasteiger partial charge in [-0.1, -0.05) is 24.3 Å². The Balaban J connectivity index is 2.80. The van der Waals surface area contributed by atoms with E-state index in [2.05, 4.69) is 6.07 Å². The molecule has 0 atom stereocenters. The molecule has 0 aliphatic heterocycles. The zero-order valence-electron chi connectivity index (χ0n) is 9.14. The molecule has 1 aromatic rings. The first-order valence-electron chi connectivity index (χ1n) is 5.07. The average Bonchev–Trinajstić information content (AvgIpc) is 2.29. The third-order valence-electron chi connectivity index (χ3n) is 2.01. The molecule has 0 bridgehead atoms. The van der Waals surface area contributed by atoms with Crippen molar-refractivity contribution in [3.8, 4) is 6.07 Å². The number of rotatable bonds is 4. The Hall–Kier alpha value is -2.08. The largest absolute Gasteiger partial charge is 0.463 e. The molecule has 0 saturated carbocycles. The van der Waals surface area contributed by atoms with Crippen molar-refractivity contribution >= 4 is 12.0 Å². The highest BCUT2D eigenvalue weighted by molar-refractivity contribution is 5.87. The van der Waals surface area contributed by atoms with Crippen LogP contribution in [0.1, 0.15) is 18.1 Å². The van der Waals surface area contributed by atoms with Crippen molar-refractivity contribution in [1.29, 1.82) is 5.26 Å². The Labute approximate surface area is 95.0 Å². The molecule has 3 nitrogen and oxygen atoms in total. The lowest BCUT2D eigenvalue weighted by Crippen LogP contribution is -1.98. The topological polar surface area (TPSA) is 50.1 Å². The number of carbonyl (C=O) groups excluding carboxylic acids is 1. The van der Waals surface area contributed by atoms with E-state index in [1.165, 1.54) is 6.08 Å². The van der Waals surface area contributed by atoms with Gasteiger partial charge in [0.1, 0.15) is 0 Å². The van der Waals surface area contributed by atoms with Crippen LogP contribution in [-0.4, -0.2) is 12.6 Å². The molecular weight excluding hydrogens is 202 g/mol. The molecule has 82 valence electrons. The Kier molecular flexibility index (Phi) is 4.81. The van der Waals surface area contributed by atoms with E-state index < -0.39 is 0 Å². The van der Waals surface area contributed by atoms with E-state index >= 15 is 0 Å². The molecule has 0 aliphatic rings. The fourth-order valence-corrected chi connectivity index (χ4v) is 1.29. The van der Waals surface area contributed by atoms with E-state index in [0.717, 1.165) is 11.1 Å². The summed E-state index contributed by atoms with van der Waals surface area (Å²) in [6.45, 7) is 2.12. The van der Waals surface area contributed by atoms with Crippen LogP contribution in [0.4, 0.5) is 0 Å². The smallest absolute Gasteiger partial charge is 0.330 e. The second-order valence-corrected chi connectivity index (χ2v) is 3.12. The molecule has 16 heavy (non-hydrogen) atoms. The first kappa shape index (κ1) is 12.0. The third kappa shape index (κ3) is 3.58. The van der Waals surface area contributed by atoms with E-state index in [1.54, 1.807) is 13.0 Å². The van der Waals surface area contributed by atoms with Crippen LogP contribution in [0.3, 0.4) is 0 Å². The lowest BCUT2D eigenvalue weighted by Gasteiger charge is -2.00. The molecule has 0 aromatic heterocycles. The van der Waals surface area contributed by atoms with Crippen molar-refractivity contribution in [3.05, 3.63) is 41.5 Å². The summed E-state index contributed by atoms with van der Waals surface area (Å²) >= 11 is 0. The molecule has 1 aromatic carbocycles. The van der Waals surface area contributed by atoms with E-state index in [4.69, 9.17) is 10.00 Å². The predicted molar refractivity (Wildman–Crippen MR) is 61.4 cm³/mol. The molecule has 0 saturated heterocycles. The van der Waals surface area contributed by atoms with Crippen LogP contribution in [0, 0.1) is 11.3 Å². The first-order valence-corrected chi connectivity index (χ1v) is 5.07. The van der Waals surface area contributed by atoms with Gasteiger partial charge >= 0.3 is 5.97 Å². The molecule has 0 unspecified atom stereocenters. The average molecular weight is 215 g/mol. The summed E-state index contributed by atoms with van der Waals surface area (Å²) in [5.74, 6) is -0.366. The third-order valence-corrected chi connectivity index (χ3v) is 2.01. The van der Waals surface area contributed by atoms with Crippen LogP contribution in [0.5, 0.6) is 0 Å². The molecule has 0 heterocycles. The predicted octanol–water partition coefficient (Wildman–Crippen LogP) is 2.33. The second-order valence-electron chi connectivity index (χ2n) is 3.12. The van der Waals surface area contributed by atoms with Crippen molar-refractivity contribution in [3.63, 3.8) is 0 Å². The summed E-state index contributed by atoms with van der Waals surface area (Å²) in [6.07, 6.45) is 3.38. The molecule has 0 aliphatic carbocycles. The van der Waals surface area contributed by atoms with Crippen LogP contribution in [0.25, 0.3) is 6.08 Å². The SMILES string of the molecule is CCOC(=O)/C=C/c1ccccc1CC#N. The van der Waals surface area contributed by atoms with Gasteiger partial charge in [0.05, 0.1) is 19.1 Å². The maximum atomic E-state index is 11.1. The minimum atomic E-state index is -0.366. The van der Waals surface area contributed by atoms with Crippen molar-refractivity contribution in [1.82, 2.24) is 0 Å². The number of carbonyl (C=O) groups is 1. The quantitative estimate of drug-likeness (QED) is 0.572. The Morgan fingerprint density at radius 3 is 2.94 bits per heavy atom. The summed E-state index contributed by atoms with van der Waals surface area (Å²) < 4.78 is 4.77. The second kappa shape index (κ2) is 6.41. The Bertz CT molecular complexity index is 430. The summed E-state index contributed by atoms with van der Waals surface area (Å²) in [6, 6.07) is 9.56. The van der Waals surface area contributed by atoms with Gasteiger partial charge in [0.2, 0.25) is 0 Å². The number of ether oxygens (including phenoxy) is 1. The lowest BCUT2D eigenvalue weighted by molar-refractivity contribution is -0.137. The Morgan fingerprint density at radius 1 is 1.50 bits per heavy atom. The number of hydrogen-bond acceptors (Lipinski definition) is 3. The molecule has 0 radical (unpaired) electrons. The maximum Gasteiger partial charge on any atom is 0.330 e. The first-order chi connectivity index (χ1) is 7.77. The zero-order valence-corrected chi connectivity index (χ0v) is 9.14. The minimum absolute atomic E-state index is 0.337. The normalized spacial score (nSPS) is 10.0. The molecule has 0 spiro atoms. The van der Waals surface area contributed by atoms with Crippen molar-refractivity contribution in [2.45, 2.75) is 13.3 Å². The molecule has 1 rings (SSSR count). The molecular formula is C13H13NO2. The highest BCUT2D eigenvalue weighted by Crippen LogP contribution is 2.11.